The summed E-state index contributed by atoms with van der Waals surface area (Å²) >= 11 is 0. The normalized spacial score (nSPS) is 35.0. The predicted molar refractivity (Wildman–Crippen MR) is 402 cm³/mol. The molecule has 96 heavy (non-hydrogen) atoms. The number of carbonyl (C=O) groups excluding carboxylic acids is 1. The number of carbonyl (C=O) groups is 2. The van der Waals surface area contributed by atoms with Gasteiger partial charge in [-0.1, -0.05) is 217 Å². The highest BCUT2D eigenvalue weighted by Gasteiger charge is 2.61. The van der Waals surface area contributed by atoms with E-state index >= 15 is 0 Å². The number of carboxylic acids is 1. The second kappa shape index (κ2) is 34.4. The molecule has 0 spiro atoms. The van der Waals surface area contributed by atoms with E-state index in [4.69, 9.17) is 14.6 Å². The summed E-state index contributed by atoms with van der Waals surface area (Å²) in [6.07, 6.45) is 50.1. The number of phenols is 1. The number of aliphatic hydroxyl groups is 1. The number of fused-ring (bicyclic) bond motifs is 11. The number of rotatable bonds is 28. The van der Waals surface area contributed by atoms with E-state index in [1.165, 1.54) is 184 Å². The van der Waals surface area contributed by atoms with Crippen molar-refractivity contribution in [2.24, 2.45) is 110 Å². The van der Waals surface area contributed by atoms with Gasteiger partial charge in [0.1, 0.15) is 23.2 Å². The average molecular weight is 1330 g/mol. The molecule has 0 amide bonds. The maximum Gasteiger partial charge on any atom is 0.306 e. The summed E-state index contributed by atoms with van der Waals surface area (Å²) in [6, 6.07) is 0. The van der Waals surface area contributed by atoms with Crippen molar-refractivity contribution in [3.63, 3.8) is 0 Å². The lowest BCUT2D eigenvalue weighted by Gasteiger charge is -2.58. The zero-order valence-corrected chi connectivity index (χ0v) is 65.6. The Bertz CT molecular complexity index is 2720. The Hall–Kier alpha value is -2.80. The van der Waals surface area contributed by atoms with Crippen molar-refractivity contribution in [2.75, 3.05) is 0 Å². The van der Waals surface area contributed by atoms with Gasteiger partial charge in [-0.15, -0.1) is 0 Å². The van der Waals surface area contributed by atoms with E-state index < -0.39 is 5.97 Å². The molecular weight excluding hydrogens is 1180 g/mol. The first-order chi connectivity index (χ1) is 45.4. The summed E-state index contributed by atoms with van der Waals surface area (Å²) in [4.78, 5) is 22.9. The number of carboxylic acid groups (broad SMARTS) is 1. The van der Waals surface area contributed by atoms with Gasteiger partial charge in [-0.05, 0) is 277 Å². The van der Waals surface area contributed by atoms with Crippen molar-refractivity contribution < 1.29 is 34.4 Å². The molecule has 1 aromatic carbocycles. The van der Waals surface area contributed by atoms with E-state index in [1.54, 1.807) is 5.57 Å². The third kappa shape index (κ3) is 18.7. The van der Waals surface area contributed by atoms with Gasteiger partial charge in [-0.25, -0.2) is 0 Å². The molecule has 548 valence electrons. The summed E-state index contributed by atoms with van der Waals surface area (Å²) < 4.78 is 12.3. The molecule has 1 aliphatic heterocycles. The van der Waals surface area contributed by atoms with Crippen LogP contribution in [0.25, 0.3) is 0 Å². The van der Waals surface area contributed by atoms with Crippen molar-refractivity contribution >= 4 is 11.9 Å². The molecule has 0 saturated heterocycles. The number of hydrogen-bond donors (Lipinski definition) is 3. The van der Waals surface area contributed by atoms with Gasteiger partial charge in [0.2, 0.25) is 0 Å². The van der Waals surface area contributed by atoms with Crippen LogP contribution in [0.3, 0.4) is 0 Å². The van der Waals surface area contributed by atoms with Crippen LogP contribution in [-0.4, -0.2) is 45.1 Å². The van der Waals surface area contributed by atoms with Crippen LogP contribution in [0, 0.1) is 131 Å². The van der Waals surface area contributed by atoms with E-state index in [1.807, 2.05) is 13.8 Å². The highest BCUT2D eigenvalue weighted by molar-refractivity contribution is 5.76. The fourth-order valence-corrected chi connectivity index (χ4v) is 23.7. The lowest BCUT2D eigenvalue weighted by molar-refractivity contribution is -0.154. The van der Waals surface area contributed by atoms with Crippen LogP contribution in [0.2, 0.25) is 0 Å². The summed E-state index contributed by atoms with van der Waals surface area (Å²) in [5.41, 5.74) is 9.11. The van der Waals surface area contributed by atoms with Crippen LogP contribution in [0.5, 0.6) is 11.5 Å². The molecular formula is C89H150O7. The lowest BCUT2D eigenvalue weighted by atomic mass is 9.47. The Morgan fingerprint density at radius 3 is 1.52 bits per heavy atom. The highest BCUT2D eigenvalue weighted by Crippen LogP contribution is 2.69. The monoisotopic (exact) mass is 1330 g/mol. The smallest absolute Gasteiger partial charge is 0.306 e. The minimum atomic E-state index is -0.942. The van der Waals surface area contributed by atoms with Gasteiger partial charge in [0.05, 0.1) is 18.9 Å². The van der Waals surface area contributed by atoms with Crippen LogP contribution in [-0.2, 0) is 20.7 Å². The Morgan fingerprint density at radius 1 is 0.542 bits per heavy atom. The summed E-state index contributed by atoms with van der Waals surface area (Å²) in [5.74, 6) is 13.2. The van der Waals surface area contributed by atoms with Gasteiger partial charge < -0.3 is 24.8 Å². The molecule has 1 unspecified atom stereocenters. The van der Waals surface area contributed by atoms with Crippen LogP contribution >= 0.6 is 0 Å². The number of hydrogen-bond acceptors (Lipinski definition) is 6. The van der Waals surface area contributed by atoms with Crippen LogP contribution < -0.4 is 4.74 Å². The molecule has 0 bridgehead atoms. The van der Waals surface area contributed by atoms with Gasteiger partial charge in [-0.3, -0.25) is 9.59 Å². The first kappa shape index (κ1) is 78.9. The zero-order chi connectivity index (χ0) is 70.1. The molecule has 6 fully saturated rings. The van der Waals surface area contributed by atoms with Crippen molar-refractivity contribution in [3.05, 3.63) is 45.6 Å². The van der Waals surface area contributed by atoms with E-state index in [0.717, 1.165) is 163 Å². The number of aromatic hydroxyl groups is 1. The Kier molecular flexibility index (Phi) is 28.3. The lowest BCUT2D eigenvalue weighted by Crippen LogP contribution is -2.51. The number of phenolic OH excluding ortho intramolecular Hbond substituents is 1. The summed E-state index contributed by atoms with van der Waals surface area (Å²) in [7, 11) is 0. The van der Waals surface area contributed by atoms with Gasteiger partial charge in [0, 0.05) is 12.0 Å². The van der Waals surface area contributed by atoms with Crippen LogP contribution in [0.4, 0.5) is 0 Å². The van der Waals surface area contributed by atoms with Crippen molar-refractivity contribution in [1.29, 1.82) is 0 Å². The molecule has 1 heterocycles. The first-order valence-electron chi connectivity index (χ1n) is 41.4. The number of allylic oxidation sites excluding steroid dienone is 2. The molecule has 7 nitrogen and oxygen atoms in total. The van der Waals surface area contributed by atoms with Crippen molar-refractivity contribution in [2.45, 2.75) is 380 Å². The van der Waals surface area contributed by atoms with Gasteiger partial charge in [-0.2, -0.15) is 0 Å². The second-order valence-electron chi connectivity index (χ2n) is 37.7. The predicted octanol–water partition coefficient (Wildman–Crippen LogP) is 24.8. The van der Waals surface area contributed by atoms with Crippen LogP contribution in [0.1, 0.15) is 357 Å². The Balaban J connectivity index is 0.000000185. The molecule has 6 saturated carbocycles. The highest BCUT2D eigenvalue weighted by atomic mass is 16.5. The molecule has 20 atom stereocenters. The maximum absolute atomic E-state index is 12.1. The SMILES string of the molecule is CC(C)CCC[C@@H](C)[C@H]1CC[C@H]2[C@@H]3CC=C4C[C@@H](O)CC[C@]4(C)[C@H]3CC[C@]12C.CC(C)CCC[C@@H](C)[C@H]1CC[C@H]2[C@@H]3CC=C4C[C@@H](OC(=O)CCC(=O)O)CC[C@]4(C)[C@H]3CC[C@]12C.CCCC(C)CCC[C@@H](C)CCC[C@@H](C)CCC[C@]1(C)CCc2c(C)c(O)c(C)c(C)c2O1. The first-order valence-corrected chi connectivity index (χ1v) is 41.4. The molecule has 8 aliphatic carbocycles. The quantitative estimate of drug-likeness (QED) is 0.0566. The standard InChI is InChI=1S/C31H50O4.C31H54O2.C27H46O/c1-20(2)7-6-8-21(3)25-11-12-26-24-10-9-22-19-23(35-29(34)14-13-28(32)33)15-17-30(22,4)27(24)16-18-31(25,26)5;1-9-13-22(2)14-10-15-23(3)16-11-17-24(4)18-12-20-31(8)21-19-28-27(7)29(32)25(5)26(6)30(28)33-31;1-18(2)7-6-8-19(3)23-11-12-24-22-10-9-20-17-21(28)13-15-26(20,4)25(22)14-16-27(23,24)5/h9,20-21,23-27H,6-8,10-19H2,1-5H3,(H,32,33);22-24,32H,9-21H2,1-8H3;9,18-19,21-25,28H,6-8,10-17H2,1-5H3/t21-,23+,24+,25-,26+,27+,30+,31-;22?,23-,24-,31-;19-,21+,22+,23-,24+,25+,26+,27-/m111/s1. The molecule has 1 aromatic rings. The molecule has 7 heteroatoms. The maximum atomic E-state index is 12.1. The fourth-order valence-electron chi connectivity index (χ4n) is 23.7. The molecule has 0 aromatic heterocycles. The van der Waals surface area contributed by atoms with E-state index in [-0.39, 0.29) is 42.0 Å². The average Bonchev–Trinajstić information content (AvgIpc) is 1.34. The zero-order valence-electron chi connectivity index (χ0n) is 65.6. The molecule has 10 rings (SSSR count). The number of esters is 1. The topological polar surface area (TPSA) is 113 Å². The van der Waals surface area contributed by atoms with E-state index in [9.17, 15) is 19.8 Å². The number of benzene rings is 1. The summed E-state index contributed by atoms with van der Waals surface area (Å²) in [6.45, 7) is 43.0. The Labute approximate surface area is 590 Å². The van der Waals surface area contributed by atoms with E-state index in [0.29, 0.717) is 22.0 Å². The van der Waals surface area contributed by atoms with Crippen molar-refractivity contribution in [1.82, 2.24) is 0 Å². The Morgan fingerprint density at radius 2 is 1.02 bits per heavy atom. The van der Waals surface area contributed by atoms with Crippen LogP contribution in [0.15, 0.2) is 23.3 Å². The number of aliphatic carboxylic acids is 1. The number of aliphatic hydroxyl groups excluding tert-OH is 1. The summed E-state index contributed by atoms with van der Waals surface area (Å²) in [5, 5.41) is 29.5. The number of ether oxygens (including phenoxy) is 2. The molecule has 0 radical (unpaired) electrons. The third-order valence-electron chi connectivity index (χ3n) is 29.9. The third-order valence-corrected chi connectivity index (χ3v) is 29.9. The molecule has 9 aliphatic rings. The fraction of sp³-hybridized carbons (Fsp3) is 0.865. The van der Waals surface area contributed by atoms with Gasteiger partial charge >= 0.3 is 11.9 Å². The van der Waals surface area contributed by atoms with Crippen molar-refractivity contribution in [3.8, 4) is 11.5 Å². The minimum Gasteiger partial charge on any atom is -0.507 e. The van der Waals surface area contributed by atoms with Gasteiger partial charge in [0.25, 0.3) is 0 Å². The largest absolute Gasteiger partial charge is 0.507 e. The second-order valence-corrected chi connectivity index (χ2v) is 37.7. The minimum absolute atomic E-state index is 0.0236. The molecule has 3 N–H and O–H groups in total. The van der Waals surface area contributed by atoms with Gasteiger partial charge in [0.15, 0.2) is 0 Å². The van der Waals surface area contributed by atoms with E-state index in [2.05, 4.69) is 123 Å².